The molecule has 0 unspecified atom stereocenters. The summed E-state index contributed by atoms with van der Waals surface area (Å²) < 4.78 is 0. The zero-order chi connectivity index (χ0) is 18.0. The van der Waals surface area contributed by atoms with Crippen LogP contribution in [0.25, 0.3) is 0 Å². The minimum Gasteiger partial charge on any atom is -0.545 e. The molecule has 126 valence electrons. The molecule has 1 aliphatic rings. The van der Waals surface area contributed by atoms with Crippen LogP contribution < -0.4 is 15.3 Å². The van der Waals surface area contributed by atoms with E-state index >= 15 is 0 Å². The Balaban J connectivity index is 1.82. The van der Waals surface area contributed by atoms with E-state index in [-0.39, 0.29) is 17.8 Å². The van der Waals surface area contributed by atoms with E-state index in [1.54, 1.807) is 30.3 Å². The van der Waals surface area contributed by atoms with Crippen LogP contribution in [0.2, 0.25) is 0 Å². The van der Waals surface area contributed by atoms with Crippen LogP contribution in [0, 0.1) is 5.92 Å². The summed E-state index contributed by atoms with van der Waals surface area (Å²) in [4.78, 5) is 49.4. The predicted molar refractivity (Wildman–Crippen MR) is 86.7 cm³/mol. The maximum atomic E-state index is 12.5. The lowest BCUT2D eigenvalue weighted by atomic mass is 10.1. The SMILES string of the molecule is O=C([O-])c1ccccc1NC(=O)[C@@H]1C(=O)CN(c2ccccc2)C1=O. The van der Waals surface area contributed by atoms with Gasteiger partial charge in [0.25, 0.3) is 0 Å². The highest BCUT2D eigenvalue weighted by atomic mass is 16.4. The molecule has 1 heterocycles. The molecule has 1 N–H and O–H groups in total. The average molecular weight is 337 g/mol. The standard InChI is InChI=1S/C18H14N2O5/c21-14-10-20(11-6-2-1-3-7-11)17(23)15(14)16(22)19-13-9-5-4-8-12(13)18(24)25/h1-9,15H,10H2,(H,19,22)(H,24,25)/p-1/t15-/m0/s1. The molecule has 1 fully saturated rings. The second kappa shape index (κ2) is 6.56. The van der Waals surface area contributed by atoms with Crippen LogP contribution in [0.4, 0.5) is 11.4 Å². The number of hydrogen-bond acceptors (Lipinski definition) is 5. The number of amides is 2. The van der Waals surface area contributed by atoms with E-state index in [2.05, 4.69) is 5.32 Å². The number of carbonyl (C=O) groups excluding carboxylic acids is 4. The lowest BCUT2D eigenvalue weighted by Crippen LogP contribution is -2.35. The number of carbonyl (C=O) groups is 4. The Morgan fingerprint density at radius 2 is 1.64 bits per heavy atom. The number of hydrogen-bond donors (Lipinski definition) is 1. The number of nitrogens with zero attached hydrogens (tertiary/aromatic N) is 1. The van der Waals surface area contributed by atoms with Crippen molar-refractivity contribution in [2.24, 2.45) is 5.92 Å². The monoisotopic (exact) mass is 337 g/mol. The van der Waals surface area contributed by atoms with Crippen LogP contribution in [-0.4, -0.2) is 30.1 Å². The molecule has 7 nitrogen and oxygen atoms in total. The van der Waals surface area contributed by atoms with Gasteiger partial charge in [-0.25, -0.2) is 0 Å². The minimum atomic E-state index is -1.50. The molecule has 0 aliphatic carbocycles. The third-order valence-corrected chi connectivity index (χ3v) is 3.88. The van der Waals surface area contributed by atoms with Crippen molar-refractivity contribution >= 4 is 34.9 Å². The highest BCUT2D eigenvalue weighted by molar-refractivity contribution is 6.30. The van der Waals surface area contributed by atoms with Crippen LogP contribution in [0.1, 0.15) is 10.4 Å². The van der Waals surface area contributed by atoms with E-state index in [9.17, 15) is 24.3 Å². The van der Waals surface area contributed by atoms with Gasteiger partial charge < -0.3 is 20.1 Å². The summed E-state index contributed by atoms with van der Waals surface area (Å²) in [5.41, 5.74) is 0.270. The zero-order valence-electron chi connectivity index (χ0n) is 13.0. The number of anilines is 2. The summed E-state index contributed by atoms with van der Waals surface area (Å²) in [6, 6.07) is 14.2. The summed E-state index contributed by atoms with van der Waals surface area (Å²) in [6.45, 7) is -0.205. The Morgan fingerprint density at radius 1 is 1.00 bits per heavy atom. The van der Waals surface area contributed by atoms with Crippen molar-refractivity contribution in [2.75, 3.05) is 16.8 Å². The Hall–Kier alpha value is -3.48. The van der Waals surface area contributed by atoms with Gasteiger partial charge >= 0.3 is 0 Å². The Labute approximate surface area is 142 Å². The first-order valence-corrected chi connectivity index (χ1v) is 7.49. The van der Waals surface area contributed by atoms with Gasteiger partial charge in [0.15, 0.2) is 11.7 Å². The highest BCUT2D eigenvalue weighted by Gasteiger charge is 2.44. The van der Waals surface area contributed by atoms with Gasteiger partial charge in [-0.2, -0.15) is 0 Å². The first kappa shape index (κ1) is 16.4. The number of carboxylic acid groups (broad SMARTS) is 1. The molecular weight excluding hydrogens is 324 g/mol. The quantitative estimate of drug-likeness (QED) is 0.803. The van der Waals surface area contributed by atoms with Gasteiger partial charge in [0.05, 0.1) is 12.5 Å². The second-order valence-electron chi connectivity index (χ2n) is 5.48. The molecule has 25 heavy (non-hydrogen) atoms. The maximum absolute atomic E-state index is 12.5. The molecule has 7 heteroatoms. The van der Waals surface area contributed by atoms with E-state index in [0.717, 1.165) is 0 Å². The van der Waals surface area contributed by atoms with Crippen molar-refractivity contribution in [3.63, 3.8) is 0 Å². The average Bonchev–Trinajstić information content (AvgIpc) is 2.90. The molecular formula is C18H13N2O5-. The molecule has 0 radical (unpaired) electrons. The van der Waals surface area contributed by atoms with Gasteiger partial charge in [0.1, 0.15) is 0 Å². The number of benzene rings is 2. The predicted octanol–water partition coefficient (Wildman–Crippen LogP) is 0.221. The second-order valence-corrected chi connectivity index (χ2v) is 5.48. The van der Waals surface area contributed by atoms with Crippen molar-refractivity contribution < 1.29 is 24.3 Å². The summed E-state index contributed by atoms with van der Waals surface area (Å²) in [6.07, 6.45) is 0. The topological polar surface area (TPSA) is 107 Å². The number of Topliss-reactive ketones (excluding diaryl/α,β-unsaturated/α-hetero) is 1. The lowest BCUT2D eigenvalue weighted by molar-refractivity contribution is -0.254. The van der Waals surface area contributed by atoms with Gasteiger partial charge in [0.2, 0.25) is 11.8 Å². The van der Waals surface area contributed by atoms with Crippen LogP contribution in [0.3, 0.4) is 0 Å². The van der Waals surface area contributed by atoms with Crippen molar-refractivity contribution in [1.82, 2.24) is 0 Å². The molecule has 0 saturated carbocycles. The van der Waals surface area contributed by atoms with Gasteiger partial charge in [0, 0.05) is 16.9 Å². The summed E-state index contributed by atoms with van der Waals surface area (Å²) in [5.74, 6) is -5.01. The van der Waals surface area contributed by atoms with Crippen LogP contribution in [0.15, 0.2) is 54.6 Å². The van der Waals surface area contributed by atoms with Crippen molar-refractivity contribution in [1.29, 1.82) is 0 Å². The number of nitrogens with one attached hydrogen (secondary N) is 1. The van der Waals surface area contributed by atoms with E-state index in [0.29, 0.717) is 5.69 Å². The number of rotatable bonds is 4. The molecule has 2 aromatic carbocycles. The molecule has 2 amide bonds. The molecule has 3 rings (SSSR count). The Morgan fingerprint density at radius 3 is 2.32 bits per heavy atom. The number of carboxylic acids is 1. The highest BCUT2D eigenvalue weighted by Crippen LogP contribution is 2.24. The molecule has 2 aromatic rings. The largest absolute Gasteiger partial charge is 0.545 e. The number of para-hydroxylation sites is 2. The molecule has 0 spiro atoms. The van der Waals surface area contributed by atoms with Gasteiger partial charge in [-0.05, 0) is 18.2 Å². The third-order valence-electron chi connectivity index (χ3n) is 3.88. The van der Waals surface area contributed by atoms with Gasteiger partial charge in [-0.15, -0.1) is 0 Å². The molecule has 1 aliphatic heterocycles. The van der Waals surface area contributed by atoms with Crippen molar-refractivity contribution in [3.8, 4) is 0 Å². The van der Waals surface area contributed by atoms with Gasteiger partial charge in [-0.3, -0.25) is 14.4 Å². The van der Waals surface area contributed by atoms with E-state index in [1.165, 1.54) is 29.2 Å². The molecule has 1 saturated heterocycles. The molecule has 0 bridgehead atoms. The van der Waals surface area contributed by atoms with E-state index in [1.807, 2.05) is 0 Å². The Kier molecular flexibility index (Phi) is 4.30. The Bertz CT molecular complexity index is 863. The first-order valence-electron chi connectivity index (χ1n) is 7.49. The normalized spacial score (nSPS) is 16.8. The third kappa shape index (κ3) is 3.12. The number of ketones is 1. The van der Waals surface area contributed by atoms with E-state index in [4.69, 9.17) is 0 Å². The smallest absolute Gasteiger partial charge is 0.247 e. The lowest BCUT2D eigenvalue weighted by Gasteiger charge is -2.16. The maximum Gasteiger partial charge on any atom is 0.247 e. The fraction of sp³-hybridized carbons (Fsp3) is 0.111. The fourth-order valence-corrected chi connectivity index (χ4v) is 2.68. The summed E-state index contributed by atoms with van der Waals surface area (Å²) in [5, 5.41) is 13.4. The fourth-order valence-electron chi connectivity index (χ4n) is 2.68. The minimum absolute atomic E-state index is 0.0220. The summed E-state index contributed by atoms with van der Waals surface area (Å²) in [7, 11) is 0. The van der Waals surface area contributed by atoms with Gasteiger partial charge in [-0.1, -0.05) is 36.4 Å². The van der Waals surface area contributed by atoms with Crippen LogP contribution in [0.5, 0.6) is 0 Å². The zero-order valence-corrected chi connectivity index (χ0v) is 13.0. The van der Waals surface area contributed by atoms with Crippen LogP contribution >= 0.6 is 0 Å². The molecule has 1 atom stereocenters. The van der Waals surface area contributed by atoms with Crippen LogP contribution in [-0.2, 0) is 14.4 Å². The summed E-state index contributed by atoms with van der Waals surface area (Å²) >= 11 is 0. The molecule has 0 aromatic heterocycles. The first-order chi connectivity index (χ1) is 12.0. The number of aromatic carboxylic acids is 1. The van der Waals surface area contributed by atoms with E-state index < -0.39 is 29.5 Å². The van der Waals surface area contributed by atoms with Crippen molar-refractivity contribution in [2.45, 2.75) is 0 Å². The van der Waals surface area contributed by atoms with Crippen molar-refractivity contribution in [3.05, 3.63) is 60.2 Å².